The molecule has 0 saturated carbocycles. The fraction of sp³-hybridized carbons (Fsp3) is 0.533. The summed E-state index contributed by atoms with van der Waals surface area (Å²) in [4.78, 5) is 4.47. The maximum atomic E-state index is 12.2. The van der Waals surface area contributed by atoms with E-state index in [2.05, 4.69) is 16.6 Å². The van der Waals surface area contributed by atoms with Crippen LogP contribution >= 0.6 is 0 Å². The monoisotopic (exact) mass is 322 g/mol. The second kappa shape index (κ2) is 6.36. The number of imidazole rings is 1. The van der Waals surface area contributed by atoms with Crippen LogP contribution in [0.4, 0.5) is 0 Å². The molecule has 0 amide bonds. The van der Waals surface area contributed by atoms with E-state index in [1.165, 1.54) is 0 Å². The van der Waals surface area contributed by atoms with Gasteiger partial charge in [-0.15, -0.1) is 0 Å². The molecule has 3 rings (SSSR count). The van der Waals surface area contributed by atoms with Crippen LogP contribution in [0.1, 0.15) is 25.5 Å². The van der Waals surface area contributed by atoms with Gasteiger partial charge in [-0.05, 0) is 30.9 Å². The van der Waals surface area contributed by atoms with E-state index in [0.29, 0.717) is 32.0 Å². The average molecular weight is 322 g/mol. The van der Waals surface area contributed by atoms with Crippen LogP contribution in [0, 0.1) is 5.92 Å². The Balaban J connectivity index is 1.55. The van der Waals surface area contributed by atoms with Gasteiger partial charge in [0, 0.05) is 38.4 Å². The highest BCUT2D eigenvalue weighted by Gasteiger charge is 2.25. The molecule has 120 valence electrons. The van der Waals surface area contributed by atoms with Crippen molar-refractivity contribution >= 4 is 15.9 Å². The summed E-state index contributed by atoms with van der Waals surface area (Å²) in [5.41, 5.74) is 1.77. The predicted octanol–water partition coefficient (Wildman–Crippen LogP) is 1.44. The first-order valence-corrected chi connectivity index (χ1v) is 9.16. The summed E-state index contributed by atoms with van der Waals surface area (Å²) in [5, 5.41) is 0. The van der Waals surface area contributed by atoms with E-state index < -0.39 is 10.2 Å². The average Bonchev–Trinajstić information content (AvgIpc) is 2.90. The Morgan fingerprint density at radius 3 is 2.82 bits per heavy atom. The molecular weight excluding hydrogens is 300 g/mol. The number of piperidine rings is 1. The van der Waals surface area contributed by atoms with Gasteiger partial charge in [-0.2, -0.15) is 12.7 Å². The van der Waals surface area contributed by atoms with Gasteiger partial charge >= 0.3 is 0 Å². The zero-order valence-electron chi connectivity index (χ0n) is 12.8. The molecule has 1 fully saturated rings. The van der Waals surface area contributed by atoms with Crippen LogP contribution in [0.15, 0.2) is 30.6 Å². The lowest BCUT2D eigenvalue weighted by Gasteiger charge is -2.29. The van der Waals surface area contributed by atoms with Gasteiger partial charge in [0.05, 0.1) is 5.69 Å². The maximum absolute atomic E-state index is 12.2. The largest absolute Gasteiger partial charge is 0.307 e. The summed E-state index contributed by atoms with van der Waals surface area (Å²) in [5.74, 6) is 0.615. The van der Waals surface area contributed by atoms with Crippen LogP contribution in [0.25, 0.3) is 5.65 Å². The number of fused-ring (bicyclic) bond motifs is 1. The Kier molecular flexibility index (Phi) is 4.46. The SMILES string of the molecule is CC1CCN(S(=O)(=O)NCCc2cn3ccccc3n2)CC1. The molecule has 0 aromatic carbocycles. The molecule has 0 unspecified atom stereocenters. The fourth-order valence-corrected chi connectivity index (χ4v) is 3.97. The van der Waals surface area contributed by atoms with Crippen molar-refractivity contribution in [2.75, 3.05) is 19.6 Å². The summed E-state index contributed by atoms with van der Waals surface area (Å²) >= 11 is 0. The summed E-state index contributed by atoms with van der Waals surface area (Å²) in [6.45, 7) is 3.77. The minimum absolute atomic E-state index is 0.373. The minimum atomic E-state index is -3.36. The summed E-state index contributed by atoms with van der Waals surface area (Å²) in [6, 6.07) is 5.81. The van der Waals surface area contributed by atoms with Crippen LogP contribution in [0.3, 0.4) is 0 Å². The minimum Gasteiger partial charge on any atom is -0.307 e. The van der Waals surface area contributed by atoms with Gasteiger partial charge in [0.25, 0.3) is 10.2 Å². The number of hydrogen-bond donors (Lipinski definition) is 1. The van der Waals surface area contributed by atoms with E-state index in [9.17, 15) is 8.42 Å². The Morgan fingerprint density at radius 2 is 2.09 bits per heavy atom. The van der Waals surface area contributed by atoms with Crippen molar-refractivity contribution in [1.82, 2.24) is 18.4 Å². The van der Waals surface area contributed by atoms with E-state index in [4.69, 9.17) is 0 Å². The van der Waals surface area contributed by atoms with Gasteiger partial charge in [0.2, 0.25) is 0 Å². The standard InChI is InChI=1S/C15H22N4O2S/c1-13-6-10-19(11-7-13)22(20,21)16-8-5-14-12-18-9-3-2-4-15(18)17-14/h2-4,9,12-13,16H,5-8,10-11H2,1H3. The van der Waals surface area contributed by atoms with E-state index in [1.807, 2.05) is 35.0 Å². The van der Waals surface area contributed by atoms with Crippen LogP contribution in [0.5, 0.6) is 0 Å². The Bertz CT molecular complexity index is 700. The first kappa shape index (κ1) is 15.5. The Hall–Kier alpha value is -1.44. The first-order valence-electron chi connectivity index (χ1n) is 7.72. The Labute approximate surface area is 131 Å². The number of nitrogens with zero attached hydrogens (tertiary/aromatic N) is 3. The van der Waals surface area contributed by atoms with Crippen molar-refractivity contribution in [2.24, 2.45) is 5.92 Å². The molecule has 1 saturated heterocycles. The van der Waals surface area contributed by atoms with Gasteiger partial charge in [-0.3, -0.25) is 0 Å². The van der Waals surface area contributed by atoms with Crippen molar-refractivity contribution in [3.8, 4) is 0 Å². The van der Waals surface area contributed by atoms with Crippen LogP contribution in [0.2, 0.25) is 0 Å². The van der Waals surface area contributed by atoms with Gasteiger partial charge in [0.15, 0.2) is 0 Å². The molecule has 22 heavy (non-hydrogen) atoms. The van der Waals surface area contributed by atoms with Crippen LogP contribution < -0.4 is 4.72 Å². The zero-order valence-corrected chi connectivity index (χ0v) is 13.6. The molecule has 1 N–H and O–H groups in total. The Morgan fingerprint density at radius 1 is 1.32 bits per heavy atom. The van der Waals surface area contributed by atoms with Crippen molar-refractivity contribution in [3.63, 3.8) is 0 Å². The fourth-order valence-electron chi connectivity index (χ4n) is 2.73. The molecule has 0 aliphatic carbocycles. The second-order valence-corrected chi connectivity index (χ2v) is 7.68. The van der Waals surface area contributed by atoms with E-state index in [0.717, 1.165) is 24.2 Å². The quantitative estimate of drug-likeness (QED) is 0.906. The highest BCUT2D eigenvalue weighted by Crippen LogP contribution is 2.17. The number of pyridine rings is 1. The normalized spacial score (nSPS) is 18.0. The molecule has 0 radical (unpaired) electrons. The van der Waals surface area contributed by atoms with Gasteiger partial charge in [0.1, 0.15) is 5.65 Å². The van der Waals surface area contributed by atoms with Gasteiger partial charge in [-0.1, -0.05) is 13.0 Å². The molecule has 0 atom stereocenters. The van der Waals surface area contributed by atoms with Crippen molar-refractivity contribution in [2.45, 2.75) is 26.2 Å². The van der Waals surface area contributed by atoms with Crippen molar-refractivity contribution < 1.29 is 8.42 Å². The van der Waals surface area contributed by atoms with Crippen LogP contribution in [-0.2, 0) is 16.6 Å². The van der Waals surface area contributed by atoms with Gasteiger partial charge in [-0.25, -0.2) is 9.71 Å². The van der Waals surface area contributed by atoms with E-state index in [-0.39, 0.29) is 0 Å². The molecule has 7 heteroatoms. The molecule has 0 spiro atoms. The number of nitrogens with one attached hydrogen (secondary N) is 1. The van der Waals surface area contributed by atoms with E-state index >= 15 is 0 Å². The highest BCUT2D eigenvalue weighted by atomic mass is 32.2. The number of hydrogen-bond acceptors (Lipinski definition) is 3. The lowest BCUT2D eigenvalue weighted by atomic mass is 10.0. The molecule has 3 heterocycles. The number of rotatable bonds is 5. The molecule has 2 aromatic rings. The van der Waals surface area contributed by atoms with Crippen LogP contribution in [-0.4, -0.2) is 41.7 Å². The van der Waals surface area contributed by atoms with E-state index in [1.54, 1.807) is 4.31 Å². The summed E-state index contributed by atoms with van der Waals surface area (Å²) < 4.78 is 30.7. The molecule has 2 aromatic heterocycles. The molecular formula is C15H22N4O2S. The third-order valence-electron chi connectivity index (χ3n) is 4.16. The lowest BCUT2D eigenvalue weighted by molar-refractivity contribution is 0.285. The molecule has 6 nitrogen and oxygen atoms in total. The second-order valence-electron chi connectivity index (χ2n) is 5.93. The third-order valence-corrected chi connectivity index (χ3v) is 5.78. The third kappa shape index (κ3) is 3.48. The maximum Gasteiger partial charge on any atom is 0.279 e. The first-order chi connectivity index (χ1) is 10.5. The number of aromatic nitrogens is 2. The molecule has 1 aliphatic rings. The summed E-state index contributed by atoms with van der Waals surface area (Å²) in [6.07, 6.45) is 6.34. The van der Waals surface area contributed by atoms with Crippen molar-refractivity contribution in [1.29, 1.82) is 0 Å². The topological polar surface area (TPSA) is 66.7 Å². The molecule has 1 aliphatic heterocycles. The zero-order chi connectivity index (χ0) is 15.6. The predicted molar refractivity (Wildman–Crippen MR) is 85.8 cm³/mol. The smallest absolute Gasteiger partial charge is 0.279 e. The van der Waals surface area contributed by atoms with Crippen molar-refractivity contribution in [3.05, 3.63) is 36.3 Å². The summed E-state index contributed by atoms with van der Waals surface area (Å²) in [7, 11) is -3.36. The molecule has 0 bridgehead atoms. The van der Waals surface area contributed by atoms with Gasteiger partial charge < -0.3 is 4.40 Å². The lowest BCUT2D eigenvalue weighted by Crippen LogP contribution is -2.45. The highest BCUT2D eigenvalue weighted by molar-refractivity contribution is 7.87.